The van der Waals surface area contributed by atoms with Gasteiger partial charge in [0, 0.05) is 0 Å². The van der Waals surface area contributed by atoms with Crippen LogP contribution in [0.1, 0.15) is 27.7 Å². The number of benzene rings is 1. The summed E-state index contributed by atoms with van der Waals surface area (Å²) in [4.78, 5) is 11.6. The number of para-hydroxylation sites is 1. The molecule has 4 heteroatoms. The molecular weight excluding hydrogens is 218 g/mol. The zero-order chi connectivity index (χ0) is 13.1. The summed E-state index contributed by atoms with van der Waals surface area (Å²) in [7, 11) is 0. The molecule has 94 valence electrons. The van der Waals surface area contributed by atoms with Gasteiger partial charge < -0.3 is 15.2 Å². The highest BCUT2D eigenvalue weighted by molar-refractivity contribution is 5.71. The Hall–Kier alpha value is -1.55. The maximum absolute atomic E-state index is 11.6. The third-order valence-electron chi connectivity index (χ3n) is 2.90. The highest BCUT2D eigenvalue weighted by Crippen LogP contribution is 2.20. The number of aliphatic hydroxyl groups is 1. The molecule has 0 aliphatic rings. The lowest BCUT2D eigenvalue weighted by atomic mass is 9.86. The lowest BCUT2D eigenvalue weighted by Gasteiger charge is -2.37. The number of hydrogen-bond acceptors (Lipinski definition) is 3. The van der Waals surface area contributed by atoms with Crippen LogP contribution in [0.15, 0.2) is 30.3 Å². The van der Waals surface area contributed by atoms with Crippen LogP contribution >= 0.6 is 0 Å². The molecule has 2 N–H and O–H groups in total. The van der Waals surface area contributed by atoms with Crippen molar-refractivity contribution in [2.24, 2.45) is 0 Å². The number of amides is 1. The monoisotopic (exact) mass is 237 g/mol. The van der Waals surface area contributed by atoms with Gasteiger partial charge in [-0.3, -0.25) is 0 Å². The molecule has 0 spiro atoms. The van der Waals surface area contributed by atoms with Crippen LogP contribution < -0.4 is 10.1 Å². The van der Waals surface area contributed by atoms with Gasteiger partial charge in [-0.2, -0.15) is 0 Å². The summed E-state index contributed by atoms with van der Waals surface area (Å²) in [5, 5.41) is 12.5. The van der Waals surface area contributed by atoms with E-state index in [4.69, 9.17) is 4.74 Å². The molecule has 17 heavy (non-hydrogen) atoms. The molecule has 1 rings (SSSR count). The topological polar surface area (TPSA) is 58.6 Å². The Labute approximate surface area is 102 Å². The van der Waals surface area contributed by atoms with Crippen molar-refractivity contribution in [1.82, 2.24) is 5.32 Å². The van der Waals surface area contributed by atoms with Gasteiger partial charge in [-0.25, -0.2) is 4.79 Å². The highest BCUT2D eigenvalue weighted by atomic mass is 16.6. The summed E-state index contributed by atoms with van der Waals surface area (Å²) >= 11 is 0. The van der Waals surface area contributed by atoms with Gasteiger partial charge in [-0.05, 0) is 39.8 Å². The Morgan fingerprint density at radius 2 is 1.71 bits per heavy atom. The van der Waals surface area contributed by atoms with Gasteiger partial charge in [0.1, 0.15) is 5.75 Å². The Balaban J connectivity index is 2.62. The fraction of sp³-hybridized carbons (Fsp3) is 0.462. The van der Waals surface area contributed by atoms with Crippen LogP contribution in [-0.2, 0) is 0 Å². The molecule has 0 unspecified atom stereocenters. The van der Waals surface area contributed by atoms with Crippen molar-refractivity contribution >= 4 is 6.09 Å². The Morgan fingerprint density at radius 3 is 2.18 bits per heavy atom. The first kappa shape index (κ1) is 13.5. The summed E-state index contributed by atoms with van der Waals surface area (Å²) < 4.78 is 5.08. The lowest BCUT2D eigenvalue weighted by Crippen LogP contribution is -2.58. The number of nitrogens with one attached hydrogen (secondary N) is 1. The van der Waals surface area contributed by atoms with Crippen molar-refractivity contribution in [2.75, 3.05) is 0 Å². The fourth-order valence-corrected chi connectivity index (χ4v) is 1.03. The van der Waals surface area contributed by atoms with E-state index in [9.17, 15) is 9.90 Å². The summed E-state index contributed by atoms with van der Waals surface area (Å²) in [6.07, 6.45) is -0.580. The normalized spacial score (nSPS) is 12.1. The number of rotatable bonds is 3. The van der Waals surface area contributed by atoms with E-state index < -0.39 is 17.2 Å². The van der Waals surface area contributed by atoms with Gasteiger partial charge in [-0.1, -0.05) is 18.2 Å². The fourth-order valence-electron chi connectivity index (χ4n) is 1.03. The van der Waals surface area contributed by atoms with Crippen molar-refractivity contribution < 1.29 is 14.6 Å². The maximum atomic E-state index is 11.6. The Morgan fingerprint density at radius 1 is 1.18 bits per heavy atom. The minimum atomic E-state index is -1.04. The van der Waals surface area contributed by atoms with Crippen LogP contribution in [0.5, 0.6) is 5.75 Å². The van der Waals surface area contributed by atoms with Crippen LogP contribution in [0.4, 0.5) is 4.79 Å². The quantitative estimate of drug-likeness (QED) is 0.848. The molecule has 0 saturated carbocycles. The highest BCUT2D eigenvalue weighted by Gasteiger charge is 2.36. The first-order valence-corrected chi connectivity index (χ1v) is 5.50. The molecule has 0 bridgehead atoms. The molecule has 0 radical (unpaired) electrons. The van der Waals surface area contributed by atoms with E-state index in [0.717, 1.165) is 0 Å². The standard InChI is InChI=1S/C13H19NO3/c1-12(2,13(3,4)16)14-11(15)17-10-8-6-5-7-9-10/h5-9,16H,1-4H3,(H,14,15). The second-order valence-electron chi connectivity index (χ2n) is 5.01. The lowest BCUT2D eigenvalue weighted by molar-refractivity contribution is -0.00179. The number of ether oxygens (including phenoxy) is 1. The predicted molar refractivity (Wildman–Crippen MR) is 66.0 cm³/mol. The number of carbonyl (C=O) groups is 1. The Kier molecular flexibility index (Phi) is 3.78. The van der Waals surface area contributed by atoms with Gasteiger partial charge >= 0.3 is 6.09 Å². The predicted octanol–water partition coefficient (Wildman–Crippen LogP) is 2.32. The molecule has 0 heterocycles. The average Bonchev–Trinajstić information content (AvgIpc) is 2.16. The van der Waals surface area contributed by atoms with E-state index >= 15 is 0 Å². The van der Waals surface area contributed by atoms with Crippen molar-refractivity contribution in [2.45, 2.75) is 38.8 Å². The van der Waals surface area contributed by atoms with Gasteiger partial charge in [0.2, 0.25) is 0 Å². The van der Waals surface area contributed by atoms with E-state index in [1.54, 1.807) is 52.0 Å². The van der Waals surface area contributed by atoms with Gasteiger partial charge in [0.05, 0.1) is 11.1 Å². The first-order chi connectivity index (χ1) is 7.72. The third kappa shape index (κ3) is 3.75. The molecule has 0 fully saturated rings. The van der Waals surface area contributed by atoms with E-state index in [2.05, 4.69) is 5.32 Å². The summed E-state index contributed by atoms with van der Waals surface area (Å²) in [6.45, 7) is 6.74. The molecule has 1 aromatic carbocycles. The van der Waals surface area contributed by atoms with Crippen molar-refractivity contribution in [3.05, 3.63) is 30.3 Å². The molecule has 4 nitrogen and oxygen atoms in total. The number of carbonyl (C=O) groups excluding carboxylic acids is 1. The number of hydrogen-bond donors (Lipinski definition) is 2. The zero-order valence-corrected chi connectivity index (χ0v) is 10.7. The second kappa shape index (κ2) is 4.75. The van der Waals surface area contributed by atoms with Crippen LogP contribution in [-0.4, -0.2) is 22.3 Å². The second-order valence-corrected chi connectivity index (χ2v) is 5.01. The Bertz CT molecular complexity index is 379. The third-order valence-corrected chi connectivity index (χ3v) is 2.90. The van der Waals surface area contributed by atoms with E-state index in [-0.39, 0.29) is 0 Å². The smallest absolute Gasteiger partial charge is 0.410 e. The van der Waals surface area contributed by atoms with Crippen LogP contribution in [0.2, 0.25) is 0 Å². The minimum absolute atomic E-state index is 0.469. The maximum Gasteiger partial charge on any atom is 0.413 e. The van der Waals surface area contributed by atoms with Crippen molar-refractivity contribution in [1.29, 1.82) is 0 Å². The molecular formula is C13H19NO3. The summed E-state index contributed by atoms with van der Waals surface area (Å²) in [6, 6.07) is 8.78. The molecule has 0 saturated heterocycles. The van der Waals surface area contributed by atoms with E-state index in [0.29, 0.717) is 5.75 Å². The van der Waals surface area contributed by atoms with Crippen molar-refractivity contribution in [3.8, 4) is 5.75 Å². The van der Waals surface area contributed by atoms with Crippen LogP contribution in [0, 0.1) is 0 Å². The minimum Gasteiger partial charge on any atom is -0.410 e. The van der Waals surface area contributed by atoms with Gasteiger partial charge in [0.25, 0.3) is 0 Å². The molecule has 0 atom stereocenters. The van der Waals surface area contributed by atoms with Crippen LogP contribution in [0.25, 0.3) is 0 Å². The zero-order valence-electron chi connectivity index (χ0n) is 10.7. The summed E-state index contributed by atoms with van der Waals surface area (Å²) in [5.41, 5.74) is -1.82. The SMILES string of the molecule is CC(C)(O)C(C)(C)NC(=O)Oc1ccccc1. The van der Waals surface area contributed by atoms with Crippen molar-refractivity contribution in [3.63, 3.8) is 0 Å². The van der Waals surface area contributed by atoms with Gasteiger partial charge in [0.15, 0.2) is 0 Å². The molecule has 1 aromatic rings. The largest absolute Gasteiger partial charge is 0.413 e. The molecule has 0 aliphatic heterocycles. The van der Waals surface area contributed by atoms with Crippen LogP contribution in [0.3, 0.4) is 0 Å². The molecule has 0 aromatic heterocycles. The molecule has 0 aliphatic carbocycles. The summed E-state index contributed by atoms with van der Waals surface area (Å²) in [5.74, 6) is 0.469. The van der Waals surface area contributed by atoms with E-state index in [1.165, 1.54) is 0 Å². The van der Waals surface area contributed by atoms with Gasteiger partial charge in [-0.15, -0.1) is 0 Å². The molecule has 1 amide bonds. The first-order valence-electron chi connectivity index (χ1n) is 5.50. The van der Waals surface area contributed by atoms with E-state index in [1.807, 2.05) is 6.07 Å². The average molecular weight is 237 g/mol.